The van der Waals surface area contributed by atoms with Crippen LogP contribution in [0, 0.1) is 27.3 Å². The second kappa shape index (κ2) is 3.77. The molecular weight excluding hydrogens is 223 g/mol. The predicted molar refractivity (Wildman–Crippen MR) is 62.1 cm³/mol. The molecule has 0 aromatic heterocycles. The van der Waals surface area contributed by atoms with E-state index in [4.69, 9.17) is 5.73 Å². The van der Waals surface area contributed by atoms with Gasteiger partial charge in [-0.05, 0) is 35.4 Å². The molecule has 1 saturated carbocycles. The third kappa shape index (κ3) is 1.80. The zero-order valence-corrected chi connectivity index (χ0v) is 9.81. The van der Waals surface area contributed by atoms with Gasteiger partial charge in [0.1, 0.15) is 5.82 Å². The summed E-state index contributed by atoms with van der Waals surface area (Å²) in [7, 11) is 0. The molecule has 2 N–H and O–H groups in total. The Kier molecular flexibility index (Phi) is 2.66. The van der Waals surface area contributed by atoms with Crippen molar-refractivity contribution in [3.8, 4) is 0 Å². The standard InChI is InChI=1S/C12H15FN2O2/c1-12(2)9(6-14)11(12)8-5-7(15(16)17)3-4-10(8)13/h3-5,9,11H,6,14H2,1-2H3/t9-,11-/m1/s1. The Morgan fingerprint density at radius 1 is 1.53 bits per heavy atom. The molecule has 0 spiro atoms. The van der Waals surface area contributed by atoms with E-state index in [-0.39, 0.29) is 28.8 Å². The minimum absolute atomic E-state index is 0.0209. The second-order valence-corrected chi connectivity index (χ2v) is 5.10. The molecule has 0 aliphatic heterocycles. The first-order chi connectivity index (χ1) is 7.89. The first kappa shape index (κ1) is 12.0. The Balaban J connectivity index is 2.40. The number of nitro groups is 1. The lowest BCUT2D eigenvalue weighted by molar-refractivity contribution is -0.385. The molecule has 4 nitrogen and oxygen atoms in total. The van der Waals surface area contributed by atoms with Crippen molar-refractivity contribution in [2.45, 2.75) is 19.8 Å². The highest BCUT2D eigenvalue weighted by molar-refractivity contribution is 5.41. The summed E-state index contributed by atoms with van der Waals surface area (Å²) in [5.74, 6) is -0.212. The topological polar surface area (TPSA) is 69.2 Å². The number of hydrogen-bond acceptors (Lipinski definition) is 3. The van der Waals surface area contributed by atoms with E-state index >= 15 is 0 Å². The van der Waals surface area contributed by atoms with Crippen molar-refractivity contribution in [3.05, 3.63) is 39.7 Å². The van der Waals surface area contributed by atoms with Crippen molar-refractivity contribution in [1.29, 1.82) is 0 Å². The van der Waals surface area contributed by atoms with E-state index in [9.17, 15) is 14.5 Å². The maximum atomic E-state index is 13.7. The maximum Gasteiger partial charge on any atom is 0.269 e. The molecule has 1 aromatic rings. The molecule has 2 rings (SSSR count). The summed E-state index contributed by atoms with van der Waals surface area (Å²) in [6.45, 7) is 4.49. The lowest BCUT2D eigenvalue weighted by Crippen LogP contribution is -2.05. The lowest BCUT2D eigenvalue weighted by atomic mass is 10.0. The van der Waals surface area contributed by atoms with Gasteiger partial charge in [0.2, 0.25) is 0 Å². The van der Waals surface area contributed by atoms with Crippen LogP contribution in [0.3, 0.4) is 0 Å². The summed E-state index contributed by atoms with van der Waals surface area (Å²) in [6.07, 6.45) is 0. The summed E-state index contributed by atoms with van der Waals surface area (Å²) >= 11 is 0. The molecule has 1 aliphatic rings. The Morgan fingerprint density at radius 3 is 2.65 bits per heavy atom. The van der Waals surface area contributed by atoms with Gasteiger partial charge in [-0.25, -0.2) is 4.39 Å². The molecule has 1 aliphatic carbocycles. The van der Waals surface area contributed by atoms with Gasteiger partial charge in [0.15, 0.2) is 0 Å². The van der Waals surface area contributed by atoms with Gasteiger partial charge in [-0.2, -0.15) is 0 Å². The zero-order chi connectivity index (χ0) is 12.8. The molecule has 0 saturated heterocycles. The molecule has 0 radical (unpaired) electrons. The number of nitro benzene ring substituents is 1. The molecule has 92 valence electrons. The number of non-ortho nitro benzene ring substituents is 1. The van der Waals surface area contributed by atoms with Crippen LogP contribution in [0.25, 0.3) is 0 Å². The third-order valence-corrected chi connectivity index (χ3v) is 3.83. The highest BCUT2D eigenvalue weighted by atomic mass is 19.1. The van der Waals surface area contributed by atoms with E-state index in [2.05, 4.69) is 0 Å². The molecule has 0 bridgehead atoms. The van der Waals surface area contributed by atoms with E-state index in [0.717, 1.165) is 6.07 Å². The van der Waals surface area contributed by atoms with Crippen molar-refractivity contribution >= 4 is 5.69 Å². The predicted octanol–water partition coefficient (Wildman–Crippen LogP) is 2.43. The summed E-state index contributed by atoms with van der Waals surface area (Å²) in [5.41, 5.74) is 5.90. The van der Waals surface area contributed by atoms with Gasteiger partial charge in [0.25, 0.3) is 5.69 Å². The van der Waals surface area contributed by atoms with E-state index in [1.807, 2.05) is 13.8 Å². The third-order valence-electron chi connectivity index (χ3n) is 3.83. The summed E-state index contributed by atoms with van der Waals surface area (Å²) in [5, 5.41) is 10.7. The Hall–Kier alpha value is -1.49. The van der Waals surface area contributed by atoms with E-state index < -0.39 is 4.92 Å². The average Bonchev–Trinajstić information content (AvgIpc) is 2.80. The number of rotatable bonds is 3. The number of hydrogen-bond donors (Lipinski definition) is 1. The SMILES string of the molecule is CC1(C)[C@H](CN)[C@H]1c1cc([N+](=O)[O-])ccc1F. The number of nitrogens with two attached hydrogens (primary N) is 1. The fraction of sp³-hybridized carbons (Fsp3) is 0.500. The van der Waals surface area contributed by atoms with E-state index in [1.54, 1.807) is 0 Å². The number of halogens is 1. The summed E-state index contributed by atoms with van der Waals surface area (Å²) in [6, 6.07) is 3.68. The minimum atomic E-state index is -0.504. The molecule has 0 amide bonds. The molecule has 5 heteroatoms. The van der Waals surface area contributed by atoms with Crippen LogP contribution in [-0.4, -0.2) is 11.5 Å². The van der Waals surface area contributed by atoms with Gasteiger partial charge in [0, 0.05) is 12.1 Å². The Bertz CT molecular complexity index is 474. The van der Waals surface area contributed by atoms with Gasteiger partial charge >= 0.3 is 0 Å². The highest BCUT2D eigenvalue weighted by Crippen LogP contribution is 2.64. The average molecular weight is 238 g/mol. The van der Waals surface area contributed by atoms with Crippen LogP contribution >= 0.6 is 0 Å². The molecule has 2 atom stereocenters. The first-order valence-electron chi connectivity index (χ1n) is 5.53. The maximum absolute atomic E-state index is 13.7. The van der Waals surface area contributed by atoms with Gasteiger partial charge in [0.05, 0.1) is 4.92 Å². The van der Waals surface area contributed by atoms with Crippen LogP contribution in [0.4, 0.5) is 10.1 Å². The van der Waals surface area contributed by atoms with Crippen LogP contribution in [0.2, 0.25) is 0 Å². The monoisotopic (exact) mass is 238 g/mol. The van der Waals surface area contributed by atoms with Crippen LogP contribution in [0.5, 0.6) is 0 Å². The molecule has 17 heavy (non-hydrogen) atoms. The number of nitrogens with zero attached hydrogens (tertiary/aromatic N) is 1. The van der Waals surface area contributed by atoms with Gasteiger partial charge < -0.3 is 5.73 Å². The van der Waals surface area contributed by atoms with E-state index in [1.165, 1.54) is 12.1 Å². The number of benzene rings is 1. The first-order valence-corrected chi connectivity index (χ1v) is 5.53. The minimum Gasteiger partial charge on any atom is -0.330 e. The van der Waals surface area contributed by atoms with Crippen molar-refractivity contribution in [2.24, 2.45) is 17.1 Å². The molecular formula is C12H15FN2O2. The van der Waals surface area contributed by atoms with Gasteiger partial charge in [-0.1, -0.05) is 13.8 Å². The van der Waals surface area contributed by atoms with E-state index in [0.29, 0.717) is 12.1 Å². The second-order valence-electron chi connectivity index (χ2n) is 5.10. The van der Waals surface area contributed by atoms with Crippen LogP contribution in [0.15, 0.2) is 18.2 Å². The molecule has 1 fully saturated rings. The van der Waals surface area contributed by atoms with Crippen LogP contribution < -0.4 is 5.73 Å². The fourth-order valence-electron chi connectivity index (χ4n) is 2.68. The summed E-state index contributed by atoms with van der Waals surface area (Å²) in [4.78, 5) is 10.2. The summed E-state index contributed by atoms with van der Waals surface area (Å²) < 4.78 is 13.7. The highest BCUT2D eigenvalue weighted by Gasteiger charge is 2.58. The smallest absolute Gasteiger partial charge is 0.269 e. The molecule has 0 heterocycles. The van der Waals surface area contributed by atoms with Crippen molar-refractivity contribution in [2.75, 3.05) is 6.54 Å². The largest absolute Gasteiger partial charge is 0.330 e. The van der Waals surface area contributed by atoms with Crippen LogP contribution in [0.1, 0.15) is 25.3 Å². The van der Waals surface area contributed by atoms with Crippen molar-refractivity contribution < 1.29 is 9.31 Å². The normalized spacial score (nSPS) is 25.6. The molecule has 0 unspecified atom stereocenters. The zero-order valence-electron chi connectivity index (χ0n) is 9.81. The van der Waals surface area contributed by atoms with Crippen LogP contribution in [-0.2, 0) is 0 Å². The molecule has 1 aromatic carbocycles. The Labute approximate surface area is 98.8 Å². The Morgan fingerprint density at radius 2 is 2.18 bits per heavy atom. The lowest BCUT2D eigenvalue weighted by Gasteiger charge is -2.04. The van der Waals surface area contributed by atoms with Crippen molar-refractivity contribution in [1.82, 2.24) is 0 Å². The van der Waals surface area contributed by atoms with Crippen molar-refractivity contribution in [3.63, 3.8) is 0 Å². The fourth-order valence-corrected chi connectivity index (χ4v) is 2.68. The van der Waals surface area contributed by atoms with Gasteiger partial charge in [-0.3, -0.25) is 10.1 Å². The van der Waals surface area contributed by atoms with Gasteiger partial charge in [-0.15, -0.1) is 0 Å². The quantitative estimate of drug-likeness (QED) is 0.649.